The average molecular weight is 433 g/mol. The summed E-state index contributed by atoms with van der Waals surface area (Å²) >= 11 is 0. The summed E-state index contributed by atoms with van der Waals surface area (Å²) in [5.41, 5.74) is 8.30. The molecule has 0 spiro atoms. The van der Waals surface area contributed by atoms with Crippen LogP contribution in [0.1, 0.15) is 53.6 Å². The molecular formula is C26H32N4O2. The van der Waals surface area contributed by atoms with E-state index in [0.29, 0.717) is 37.4 Å². The van der Waals surface area contributed by atoms with Crippen LogP contribution in [0.3, 0.4) is 0 Å². The maximum absolute atomic E-state index is 13.6. The molecule has 0 saturated heterocycles. The third kappa shape index (κ3) is 5.71. The molecule has 6 heteroatoms. The molecule has 1 aromatic heterocycles. The van der Waals surface area contributed by atoms with Crippen LogP contribution < -0.4 is 11.3 Å². The lowest BCUT2D eigenvalue weighted by Gasteiger charge is -2.35. The van der Waals surface area contributed by atoms with Crippen LogP contribution in [0.25, 0.3) is 0 Å². The number of aromatic nitrogens is 2. The molecule has 0 aliphatic rings. The molecule has 1 unspecified atom stereocenters. The van der Waals surface area contributed by atoms with Gasteiger partial charge in [-0.05, 0) is 43.5 Å². The van der Waals surface area contributed by atoms with Crippen molar-refractivity contribution < 1.29 is 4.79 Å². The lowest BCUT2D eigenvalue weighted by Crippen LogP contribution is -2.41. The van der Waals surface area contributed by atoms with Crippen molar-refractivity contribution in [1.82, 2.24) is 14.5 Å². The monoisotopic (exact) mass is 432 g/mol. The van der Waals surface area contributed by atoms with Gasteiger partial charge in [-0.25, -0.2) is 0 Å². The molecule has 0 aliphatic carbocycles. The second-order valence-electron chi connectivity index (χ2n) is 8.43. The number of hydrogen-bond donors (Lipinski definition) is 1. The van der Waals surface area contributed by atoms with Gasteiger partial charge in [0.25, 0.3) is 11.5 Å². The number of carbonyl (C=O) groups is 1. The molecule has 0 aliphatic heterocycles. The molecular weight excluding hydrogens is 400 g/mol. The van der Waals surface area contributed by atoms with E-state index in [4.69, 9.17) is 5.73 Å². The van der Waals surface area contributed by atoms with Gasteiger partial charge in [0.05, 0.1) is 6.04 Å². The quantitative estimate of drug-likeness (QED) is 0.558. The largest absolute Gasteiger partial charge is 0.330 e. The van der Waals surface area contributed by atoms with Crippen LogP contribution in [0.4, 0.5) is 0 Å². The van der Waals surface area contributed by atoms with Gasteiger partial charge < -0.3 is 15.2 Å². The third-order valence-electron chi connectivity index (χ3n) is 5.51. The number of carbonyl (C=O) groups excluding carboxylic acids is 1. The molecule has 1 heterocycles. The Morgan fingerprint density at radius 3 is 2.38 bits per heavy atom. The minimum Gasteiger partial charge on any atom is -0.330 e. The summed E-state index contributed by atoms with van der Waals surface area (Å²) in [6, 6.07) is 18.7. The van der Waals surface area contributed by atoms with E-state index in [0.717, 1.165) is 11.1 Å². The average Bonchev–Trinajstić information content (AvgIpc) is 2.78. The third-order valence-corrected chi connectivity index (χ3v) is 5.51. The van der Waals surface area contributed by atoms with Gasteiger partial charge in [0, 0.05) is 30.9 Å². The number of rotatable bonds is 9. The van der Waals surface area contributed by atoms with E-state index in [1.807, 2.05) is 71.0 Å². The highest BCUT2D eigenvalue weighted by Gasteiger charge is 2.31. The maximum atomic E-state index is 13.6. The van der Waals surface area contributed by atoms with Gasteiger partial charge in [0.15, 0.2) is 0 Å². The zero-order valence-electron chi connectivity index (χ0n) is 19.1. The summed E-state index contributed by atoms with van der Waals surface area (Å²) in [4.78, 5) is 32.1. The molecule has 3 rings (SSSR count). The zero-order chi connectivity index (χ0) is 23.1. The minimum atomic E-state index is -0.368. The molecule has 0 bridgehead atoms. The van der Waals surface area contributed by atoms with Crippen molar-refractivity contribution in [3.8, 4) is 0 Å². The number of benzene rings is 2. The summed E-state index contributed by atoms with van der Waals surface area (Å²) in [5.74, 6) is 0.550. The second-order valence-corrected chi connectivity index (χ2v) is 8.43. The highest BCUT2D eigenvalue weighted by molar-refractivity contribution is 5.94. The van der Waals surface area contributed by atoms with Gasteiger partial charge in [-0.3, -0.25) is 9.59 Å². The van der Waals surface area contributed by atoms with Crippen LogP contribution in [0, 0.1) is 12.8 Å². The van der Waals surface area contributed by atoms with E-state index in [2.05, 4.69) is 18.8 Å². The van der Waals surface area contributed by atoms with E-state index < -0.39 is 0 Å². The Balaban J connectivity index is 2.07. The van der Waals surface area contributed by atoms with E-state index in [-0.39, 0.29) is 23.4 Å². The first-order chi connectivity index (χ1) is 15.4. The Morgan fingerprint density at radius 1 is 1.06 bits per heavy atom. The molecule has 1 amide bonds. The van der Waals surface area contributed by atoms with Crippen molar-refractivity contribution in [2.24, 2.45) is 11.7 Å². The van der Waals surface area contributed by atoms with Gasteiger partial charge in [-0.2, -0.15) is 4.98 Å². The standard InChI is InChI=1S/C26H32N4O2/c1-19(2)24(30(16-7-15-27)26(32)22-12-10-20(3)11-13-22)25-28-23(31)14-17-29(25)18-21-8-5-4-6-9-21/h4-6,8-14,17,19,24H,7,15-16,18,27H2,1-3H3. The maximum Gasteiger partial charge on any atom is 0.272 e. The van der Waals surface area contributed by atoms with Gasteiger partial charge in [-0.1, -0.05) is 61.9 Å². The fraction of sp³-hybridized carbons (Fsp3) is 0.346. The van der Waals surface area contributed by atoms with Crippen molar-refractivity contribution in [3.05, 3.63) is 99.7 Å². The van der Waals surface area contributed by atoms with Gasteiger partial charge in [-0.15, -0.1) is 0 Å². The Bertz CT molecular complexity index is 1070. The first kappa shape index (κ1) is 23.4. The normalized spacial score (nSPS) is 12.0. The van der Waals surface area contributed by atoms with Crippen LogP contribution >= 0.6 is 0 Å². The number of nitrogens with two attached hydrogens (primary N) is 1. The molecule has 32 heavy (non-hydrogen) atoms. The summed E-state index contributed by atoms with van der Waals surface area (Å²) < 4.78 is 1.97. The van der Waals surface area contributed by atoms with Crippen molar-refractivity contribution in [1.29, 1.82) is 0 Å². The van der Waals surface area contributed by atoms with Gasteiger partial charge in [0.1, 0.15) is 5.82 Å². The molecule has 168 valence electrons. The number of nitrogens with zero attached hydrogens (tertiary/aromatic N) is 3. The summed E-state index contributed by atoms with van der Waals surface area (Å²) in [7, 11) is 0. The number of hydrogen-bond acceptors (Lipinski definition) is 4. The molecule has 6 nitrogen and oxygen atoms in total. The highest BCUT2D eigenvalue weighted by atomic mass is 16.2. The van der Waals surface area contributed by atoms with E-state index in [1.54, 1.807) is 6.20 Å². The molecule has 0 saturated carbocycles. The first-order valence-electron chi connectivity index (χ1n) is 11.1. The second kappa shape index (κ2) is 10.9. The zero-order valence-corrected chi connectivity index (χ0v) is 19.1. The Labute approximate surface area is 189 Å². The molecule has 2 aromatic carbocycles. The lowest BCUT2D eigenvalue weighted by atomic mass is 9.99. The van der Waals surface area contributed by atoms with Crippen LogP contribution in [0.5, 0.6) is 0 Å². The Kier molecular flexibility index (Phi) is 7.95. The van der Waals surface area contributed by atoms with Crippen LogP contribution in [-0.4, -0.2) is 33.4 Å². The summed E-state index contributed by atoms with van der Waals surface area (Å²) in [5, 5.41) is 0. The van der Waals surface area contributed by atoms with Gasteiger partial charge >= 0.3 is 0 Å². The van der Waals surface area contributed by atoms with E-state index >= 15 is 0 Å². The minimum absolute atomic E-state index is 0.0403. The predicted octanol–water partition coefficient (Wildman–Crippen LogP) is 3.79. The van der Waals surface area contributed by atoms with Crippen LogP contribution in [-0.2, 0) is 6.54 Å². The molecule has 3 aromatic rings. The van der Waals surface area contributed by atoms with Crippen LogP contribution in [0.2, 0.25) is 0 Å². The summed E-state index contributed by atoms with van der Waals surface area (Å²) in [6.07, 6.45) is 2.43. The van der Waals surface area contributed by atoms with E-state index in [1.165, 1.54) is 6.07 Å². The molecule has 0 fully saturated rings. The number of amides is 1. The fourth-order valence-electron chi connectivity index (χ4n) is 3.88. The van der Waals surface area contributed by atoms with Gasteiger partial charge in [0.2, 0.25) is 0 Å². The van der Waals surface area contributed by atoms with E-state index in [9.17, 15) is 9.59 Å². The van der Waals surface area contributed by atoms with Crippen molar-refractivity contribution in [2.75, 3.05) is 13.1 Å². The summed E-state index contributed by atoms with van der Waals surface area (Å²) in [6.45, 7) is 7.62. The first-order valence-corrected chi connectivity index (χ1v) is 11.1. The Morgan fingerprint density at radius 2 is 1.75 bits per heavy atom. The van der Waals surface area contributed by atoms with Crippen molar-refractivity contribution in [2.45, 2.75) is 39.8 Å². The molecule has 0 radical (unpaired) electrons. The Hall–Kier alpha value is -3.25. The van der Waals surface area contributed by atoms with Crippen LogP contribution in [0.15, 0.2) is 71.7 Å². The predicted molar refractivity (Wildman–Crippen MR) is 128 cm³/mol. The van der Waals surface area contributed by atoms with Crippen molar-refractivity contribution >= 4 is 5.91 Å². The lowest BCUT2D eigenvalue weighted by molar-refractivity contribution is 0.0602. The van der Waals surface area contributed by atoms with Crippen molar-refractivity contribution in [3.63, 3.8) is 0 Å². The fourth-order valence-corrected chi connectivity index (χ4v) is 3.88. The number of aryl methyl sites for hydroxylation is 1. The molecule has 1 atom stereocenters. The topological polar surface area (TPSA) is 81.2 Å². The SMILES string of the molecule is Cc1ccc(C(=O)N(CCCN)C(c2nc(=O)ccn2Cc2ccccc2)C(C)C)cc1. The smallest absolute Gasteiger partial charge is 0.272 e. The molecule has 2 N–H and O–H groups in total. The highest BCUT2D eigenvalue weighted by Crippen LogP contribution is 2.29.